The Balaban J connectivity index is 2.24. The largest absolute Gasteiger partial charge is 0.457 e. The molecule has 2 rings (SSSR count). The van der Waals surface area contributed by atoms with E-state index in [9.17, 15) is 9.90 Å². The lowest BCUT2D eigenvalue weighted by atomic mass is 9.92. The zero-order chi connectivity index (χ0) is 9.42. The number of ether oxygens (including phenoxy) is 1. The quantitative estimate of drug-likeness (QED) is 0.483. The summed E-state index contributed by atoms with van der Waals surface area (Å²) in [6.07, 6.45) is 2.04. The maximum Gasteiger partial charge on any atom is 0.337 e. The van der Waals surface area contributed by atoms with Gasteiger partial charge in [0.25, 0.3) is 0 Å². The molecule has 2 unspecified atom stereocenters. The van der Waals surface area contributed by atoms with Gasteiger partial charge in [0, 0.05) is 12.5 Å². The third-order valence-corrected chi connectivity index (χ3v) is 3.18. The predicted octanol–water partition coefficient (Wildman–Crippen LogP) is 0.878. The van der Waals surface area contributed by atoms with Crippen LogP contribution in [0.2, 0.25) is 0 Å². The average Bonchev–Trinajstić information content (AvgIpc) is 2.45. The van der Waals surface area contributed by atoms with Crippen molar-refractivity contribution in [1.29, 1.82) is 0 Å². The van der Waals surface area contributed by atoms with E-state index in [1.807, 2.05) is 0 Å². The number of hydrogen-bond acceptors (Lipinski definition) is 3. The van der Waals surface area contributed by atoms with E-state index in [-0.39, 0.29) is 18.5 Å². The van der Waals surface area contributed by atoms with E-state index < -0.39 is 0 Å². The van der Waals surface area contributed by atoms with Gasteiger partial charge in [-0.2, -0.15) is 0 Å². The second-order valence-electron chi connectivity index (χ2n) is 3.88. The van der Waals surface area contributed by atoms with Gasteiger partial charge >= 0.3 is 5.97 Å². The van der Waals surface area contributed by atoms with Crippen LogP contribution in [0.1, 0.15) is 19.8 Å². The summed E-state index contributed by atoms with van der Waals surface area (Å²) in [6.45, 7) is 2.74. The van der Waals surface area contributed by atoms with Crippen LogP contribution in [-0.2, 0) is 9.53 Å². The average molecular weight is 182 g/mol. The highest BCUT2D eigenvalue weighted by molar-refractivity contribution is 5.95. The molecular weight excluding hydrogens is 168 g/mol. The summed E-state index contributed by atoms with van der Waals surface area (Å²) in [5.41, 5.74) is 1.97. The van der Waals surface area contributed by atoms with Gasteiger partial charge in [-0.1, -0.05) is 12.5 Å². The third-order valence-electron chi connectivity index (χ3n) is 3.18. The fraction of sp³-hybridized carbons (Fsp3) is 0.700. The van der Waals surface area contributed by atoms with Crippen LogP contribution in [-0.4, -0.2) is 24.3 Å². The molecule has 0 aromatic heterocycles. The van der Waals surface area contributed by atoms with E-state index in [1.54, 1.807) is 0 Å². The minimum atomic E-state index is -0.178. The lowest BCUT2D eigenvalue weighted by molar-refractivity contribution is -0.147. The van der Waals surface area contributed by atoms with Crippen molar-refractivity contribution in [2.75, 3.05) is 13.2 Å². The number of carbonyl (C=O) groups excluding carboxylic acids is 1. The summed E-state index contributed by atoms with van der Waals surface area (Å²) in [7, 11) is 0. The summed E-state index contributed by atoms with van der Waals surface area (Å²) in [4.78, 5) is 11.0. The first-order valence-electron chi connectivity index (χ1n) is 4.74. The third kappa shape index (κ3) is 1.27. The molecule has 1 N–H and O–H groups in total. The van der Waals surface area contributed by atoms with Crippen LogP contribution in [0.25, 0.3) is 0 Å². The van der Waals surface area contributed by atoms with Gasteiger partial charge in [-0.3, -0.25) is 0 Å². The van der Waals surface area contributed by atoms with Crippen molar-refractivity contribution in [3.05, 3.63) is 11.1 Å². The van der Waals surface area contributed by atoms with Crippen molar-refractivity contribution in [1.82, 2.24) is 0 Å². The molecule has 1 aliphatic heterocycles. The Morgan fingerprint density at radius 1 is 1.62 bits per heavy atom. The molecule has 0 aromatic rings. The van der Waals surface area contributed by atoms with E-state index in [0.717, 1.165) is 24.0 Å². The van der Waals surface area contributed by atoms with Crippen LogP contribution in [0.15, 0.2) is 11.1 Å². The second-order valence-corrected chi connectivity index (χ2v) is 3.88. The summed E-state index contributed by atoms with van der Waals surface area (Å²) >= 11 is 0. The lowest BCUT2D eigenvalue weighted by Crippen LogP contribution is -2.28. The standard InChI is InChI=1S/C10H14O3/c1-6-2-3-7(8(6)4-11)9-5-13-10(9)12/h6,8,11H,2-5H2,1H3. The normalized spacial score (nSPS) is 38.8. The Labute approximate surface area is 77.4 Å². The zero-order valence-electron chi connectivity index (χ0n) is 7.75. The molecular formula is C10H14O3. The van der Waals surface area contributed by atoms with Crippen LogP contribution >= 0.6 is 0 Å². The van der Waals surface area contributed by atoms with E-state index in [1.165, 1.54) is 0 Å². The van der Waals surface area contributed by atoms with Gasteiger partial charge in [-0.15, -0.1) is 0 Å². The van der Waals surface area contributed by atoms with Gasteiger partial charge in [0.1, 0.15) is 6.61 Å². The minimum Gasteiger partial charge on any atom is -0.457 e. The second kappa shape index (κ2) is 3.14. The Kier molecular flexibility index (Phi) is 2.12. The van der Waals surface area contributed by atoms with Gasteiger partial charge in [0.2, 0.25) is 0 Å². The number of rotatable bonds is 1. The first kappa shape index (κ1) is 8.75. The van der Waals surface area contributed by atoms with Gasteiger partial charge in [0.15, 0.2) is 0 Å². The summed E-state index contributed by atoms with van der Waals surface area (Å²) < 4.78 is 4.71. The first-order valence-corrected chi connectivity index (χ1v) is 4.74. The smallest absolute Gasteiger partial charge is 0.337 e. The monoisotopic (exact) mass is 182 g/mol. The molecule has 1 saturated heterocycles. The Bertz CT molecular complexity index is 267. The lowest BCUT2D eigenvalue weighted by Gasteiger charge is -2.23. The molecule has 0 aromatic carbocycles. The van der Waals surface area contributed by atoms with Gasteiger partial charge in [0.05, 0.1) is 5.57 Å². The topological polar surface area (TPSA) is 46.5 Å². The van der Waals surface area contributed by atoms with Crippen molar-refractivity contribution in [3.63, 3.8) is 0 Å². The maximum atomic E-state index is 11.0. The van der Waals surface area contributed by atoms with E-state index in [2.05, 4.69) is 6.92 Å². The highest BCUT2D eigenvalue weighted by Crippen LogP contribution is 2.39. The van der Waals surface area contributed by atoms with Crippen molar-refractivity contribution in [2.45, 2.75) is 19.8 Å². The van der Waals surface area contributed by atoms with Crippen LogP contribution < -0.4 is 0 Å². The molecule has 3 heteroatoms. The van der Waals surface area contributed by atoms with Crippen molar-refractivity contribution < 1.29 is 14.6 Å². The highest BCUT2D eigenvalue weighted by atomic mass is 16.6. The highest BCUT2D eigenvalue weighted by Gasteiger charge is 2.35. The molecule has 1 aliphatic carbocycles. The molecule has 2 fully saturated rings. The van der Waals surface area contributed by atoms with Crippen molar-refractivity contribution in [3.8, 4) is 0 Å². The summed E-state index contributed by atoms with van der Waals surface area (Å²) in [5, 5.41) is 9.18. The van der Waals surface area contributed by atoms with Gasteiger partial charge in [-0.25, -0.2) is 4.79 Å². The Hall–Kier alpha value is -0.830. The first-order chi connectivity index (χ1) is 6.24. The van der Waals surface area contributed by atoms with Gasteiger partial charge < -0.3 is 9.84 Å². The maximum absolute atomic E-state index is 11.0. The zero-order valence-corrected chi connectivity index (χ0v) is 7.75. The summed E-state index contributed by atoms with van der Waals surface area (Å²) in [5.74, 6) is 0.520. The van der Waals surface area contributed by atoms with E-state index in [4.69, 9.17) is 4.74 Å². The molecule has 2 aliphatic rings. The molecule has 3 nitrogen and oxygen atoms in total. The predicted molar refractivity (Wildman–Crippen MR) is 47.0 cm³/mol. The molecule has 0 spiro atoms. The SMILES string of the molecule is CC1CCC(=C2COC2=O)C1CO. The molecule has 13 heavy (non-hydrogen) atoms. The fourth-order valence-corrected chi connectivity index (χ4v) is 2.21. The number of esters is 1. The molecule has 0 radical (unpaired) electrons. The number of aliphatic hydroxyl groups is 1. The van der Waals surface area contributed by atoms with Crippen molar-refractivity contribution in [2.24, 2.45) is 11.8 Å². The number of cyclic esters (lactones) is 1. The Morgan fingerprint density at radius 2 is 2.38 bits per heavy atom. The van der Waals surface area contributed by atoms with Crippen LogP contribution in [0.4, 0.5) is 0 Å². The van der Waals surface area contributed by atoms with E-state index in [0.29, 0.717) is 12.5 Å². The van der Waals surface area contributed by atoms with Gasteiger partial charge in [-0.05, 0) is 18.8 Å². The Morgan fingerprint density at radius 3 is 2.85 bits per heavy atom. The van der Waals surface area contributed by atoms with E-state index >= 15 is 0 Å². The van der Waals surface area contributed by atoms with Crippen LogP contribution in [0.3, 0.4) is 0 Å². The summed E-state index contributed by atoms with van der Waals surface area (Å²) in [6, 6.07) is 0. The molecule has 72 valence electrons. The minimum absolute atomic E-state index is 0.160. The van der Waals surface area contributed by atoms with Crippen LogP contribution in [0, 0.1) is 11.8 Å². The number of hydrogen-bond donors (Lipinski definition) is 1. The molecule has 2 atom stereocenters. The van der Waals surface area contributed by atoms with Crippen molar-refractivity contribution >= 4 is 5.97 Å². The number of aliphatic hydroxyl groups excluding tert-OH is 1. The number of carbonyl (C=O) groups is 1. The molecule has 0 bridgehead atoms. The fourth-order valence-electron chi connectivity index (χ4n) is 2.21. The molecule has 1 heterocycles. The molecule has 0 amide bonds. The molecule has 1 saturated carbocycles. The van der Waals surface area contributed by atoms with Crippen LogP contribution in [0.5, 0.6) is 0 Å².